The van der Waals surface area contributed by atoms with Crippen LogP contribution in [0.25, 0.3) is 0 Å². The summed E-state index contributed by atoms with van der Waals surface area (Å²) < 4.78 is 24.0. The molecule has 3 heteroatoms. The normalized spacial score (nSPS) is 9.88. The smallest absolute Gasteiger partial charge is 0.182 e. The SMILES string of the molecule is [CH2]c1cc(F)sc1F. The lowest BCUT2D eigenvalue weighted by atomic mass is 10.4. The van der Waals surface area contributed by atoms with Gasteiger partial charge in [-0.05, 0) is 13.0 Å². The zero-order valence-corrected chi connectivity index (χ0v) is 4.77. The predicted octanol–water partition coefficient (Wildman–Crippen LogP) is 2.21. The summed E-state index contributed by atoms with van der Waals surface area (Å²) in [6, 6.07) is 1.07. The van der Waals surface area contributed by atoms with Crippen molar-refractivity contribution in [3.63, 3.8) is 0 Å². The van der Waals surface area contributed by atoms with Gasteiger partial charge in [-0.15, -0.1) is 0 Å². The van der Waals surface area contributed by atoms with Gasteiger partial charge in [-0.25, -0.2) is 0 Å². The van der Waals surface area contributed by atoms with E-state index in [9.17, 15) is 8.78 Å². The van der Waals surface area contributed by atoms with Crippen LogP contribution in [0.4, 0.5) is 8.78 Å². The maximum atomic E-state index is 12.1. The van der Waals surface area contributed by atoms with E-state index >= 15 is 0 Å². The highest BCUT2D eigenvalue weighted by atomic mass is 32.1. The standard InChI is InChI=1S/C5H3F2S/c1-3-2-4(6)8-5(3)7/h2H,1H2. The molecule has 0 saturated carbocycles. The van der Waals surface area contributed by atoms with Crippen LogP contribution in [0.1, 0.15) is 5.56 Å². The van der Waals surface area contributed by atoms with Gasteiger partial charge in [0.15, 0.2) is 10.3 Å². The summed E-state index contributed by atoms with van der Waals surface area (Å²) in [5.74, 6) is 0. The molecule has 8 heavy (non-hydrogen) atoms. The molecule has 0 N–H and O–H groups in total. The summed E-state index contributed by atoms with van der Waals surface area (Å²) in [7, 11) is 0. The van der Waals surface area contributed by atoms with Gasteiger partial charge >= 0.3 is 0 Å². The maximum absolute atomic E-state index is 12.1. The van der Waals surface area contributed by atoms with Gasteiger partial charge in [-0.3, -0.25) is 0 Å². The van der Waals surface area contributed by atoms with Crippen molar-refractivity contribution < 1.29 is 8.78 Å². The van der Waals surface area contributed by atoms with Gasteiger partial charge in [-0.1, -0.05) is 11.3 Å². The van der Waals surface area contributed by atoms with Crippen LogP contribution >= 0.6 is 11.3 Å². The molecule has 1 rings (SSSR count). The average Bonchev–Trinajstić information content (AvgIpc) is 1.85. The van der Waals surface area contributed by atoms with E-state index in [-0.39, 0.29) is 5.56 Å². The Hall–Kier alpha value is -0.440. The molecule has 0 atom stereocenters. The minimum atomic E-state index is -0.539. The van der Waals surface area contributed by atoms with Crippen LogP contribution in [0.3, 0.4) is 0 Å². The van der Waals surface area contributed by atoms with Crippen LogP contribution in [0, 0.1) is 17.2 Å². The molecule has 0 aliphatic carbocycles. The number of hydrogen-bond acceptors (Lipinski definition) is 1. The van der Waals surface area contributed by atoms with E-state index in [2.05, 4.69) is 6.92 Å². The fourth-order valence-corrected chi connectivity index (χ4v) is 0.937. The third-order valence-corrected chi connectivity index (χ3v) is 1.48. The Balaban J connectivity index is 3.14. The number of hydrogen-bond donors (Lipinski definition) is 0. The summed E-state index contributed by atoms with van der Waals surface area (Å²) in [5.41, 5.74) is 0.132. The zero-order valence-electron chi connectivity index (χ0n) is 3.95. The quantitative estimate of drug-likeness (QED) is 0.509. The van der Waals surface area contributed by atoms with Crippen molar-refractivity contribution in [2.45, 2.75) is 0 Å². The van der Waals surface area contributed by atoms with Crippen molar-refractivity contribution in [2.24, 2.45) is 0 Å². The van der Waals surface area contributed by atoms with E-state index < -0.39 is 10.3 Å². The molecule has 1 radical (unpaired) electrons. The largest absolute Gasteiger partial charge is 0.195 e. The van der Waals surface area contributed by atoms with Crippen molar-refractivity contribution in [3.8, 4) is 0 Å². The maximum Gasteiger partial charge on any atom is 0.182 e. The summed E-state index contributed by atoms with van der Waals surface area (Å²) in [6.07, 6.45) is 0. The third-order valence-electron chi connectivity index (χ3n) is 0.727. The molecule has 1 heterocycles. The monoisotopic (exact) mass is 133 g/mol. The second-order valence-corrected chi connectivity index (χ2v) is 2.30. The van der Waals surface area contributed by atoms with Crippen LogP contribution in [0.15, 0.2) is 6.07 Å². The average molecular weight is 133 g/mol. The molecule has 0 aromatic carbocycles. The Kier molecular flexibility index (Phi) is 1.29. The van der Waals surface area contributed by atoms with Crippen molar-refractivity contribution in [3.05, 3.63) is 28.8 Å². The lowest BCUT2D eigenvalue weighted by Crippen LogP contribution is -1.63. The van der Waals surface area contributed by atoms with Crippen LogP contribution < -0.4 is 0 Å². The molecule has 0 bridgehead atoms. The van der Waals surface area contributed by atoms with E-state index in [1.807, 2.05) is 0 Å². The van der Waals surface area contributed by atoms with Crippen LogP contribution in [0.2, 0.25) is 0 Å². The lowest BCUT2D eigenvalue weighted by Gasteiger charge is -1.73. The van der Waals surface area contributed by atoms with Crippen molar-refractivity contribution in [2.75, 3.05) is 0 Å². The molecule has 0 aliphatic rings. The van der Waals surface area contributed by atoms with Crippen LogP contribution in [0.5, 0.6) is 0 Å². The van der Waals surface area contributed by atoms with Gasteiger partial charge in [0.05, 0.1) is 0 Å². The Morgan fingerprint density at radius 3 is 2.25 bits per heavy atom. The van der Waals surface area contributed by atoms with Crippen LogP contribution in [-0.4, -0.2) is 0 Å². The molecule has 0 nitrogen and oxygen atoms in total. The molecule has 0 spiro atoms. The fraction of sp³-hybridized carbons (Fsp3) is 0. The van der Waals surface area contributed by atoms with Crippen LogP contribution in [-0.2, 0) is 0 Å². The summed E-state index contributed by atoms with van der Waals surface area (Å²) in [6.45, 7) is 3.24. The molecule has 0 saturated heterocycles. The Morgan fingerprint density at radius 2 is 2.12 bits per heavy atom. The molecule has 0 aliphatic heterocycles. The van der Waals surface area contributed by atoms with Gasteiger partial charge in [0.1, 0.15) is 0 Å². The Morgan fingerprint density at radius 1 is 1.50 bits per heavy atom. The topological polar surface area (TPSA) is 0 Å². The first kappa shape index (κ1) is 5.69. The number of rotatable bonds is 0. The van der Waals surface area contributed by atoms with Gasteiger partial charge in [-0.2, -0.15) is 8.78 Å². The minimum absolute atomic E-state index is 0.132. The predicted molar refractivity (Wildman–Crippen MR) is 28.7 cm³/mol. The van der Waals surface area contributed by atoms with Gasteiger partial charge in [0, 0.05) is 5.56 Å². The molecule has 0 unspecified atom stereocenters. The zero-order chi connectivity index (χ0) is 6.15. The van der Waals surface area contributed by atoms with E-state index in [0.29, 0.717) is 11.3 Å². The molecule has 0 amide bonds. The highest BCUT2D eigenvalue weighted by molar-refractivity contribution is 7.08. The van der Waals surface area contributed by atoms with E-state index in [1.165, 1.54) is 0 Å². The number of halogens is 2. The van der Waals surface area contributed by atoms with Crippen molar-refractivity contribution >= 4 is 11.3 Å². The van der Waals surface area contributed by atoms with Crippen molar-refractivity contribution in [1.29, 1.82) is 0 Å². The molecular weight excluding hydrogens is 130 g/mol. The van der Waals surface area contributed by atoms with Gasteiger partial charge in [0.2, 0.25) is 0 Å². The van der Waals surface area contributed by atoms with Gasteiger partial charge in [0.25, 0.3) is 0 Å². The molecule has 1 aromatic heterocycles. The van der Waals surface area contributed by atoms with Gasteiger partial charge < -0.3 is 0 Å². The minimum Gasteiger partial charge on any atom is -0.195 e. The first-order chi connectivity index (χ1) is 3.70. The van der Waals surface area contributed by atoms with Crippen molar-refractivity contribution in [1.82, 2.24) is 0 Å². The van der Waals surface area contributed by atoms with E-state index in [4.69, 9.17) is 0 Å². The molecule has 0 fully saturated rings. The lowest BCUT2D eigenvalue weighted by molar-refractivity contribution is 0.651. The first-order valence-corrected chi connectivity index (χ1v) is 2.78. The second kappa shape index (κ2) is 1.82. The van der Waals surface area contributed by atoms with E-state index in [0.717, 1.165) is 6.07 Å². The number of thiophene rings is 1. The third kappa shape index (κ3) is 0.865. The summed E-state index contributed by atoms with van der Waals surface area (Å²) in [4.78, 5) is 0. The second-order valence-electron chi connectivity index (χ2n) is 1.35. The Bertz CT molecular complexity index is 173. The summed E-state index contributed by atoms with van der Waals surface area (Å²) in [5, 5.41) is -1.06. The highest BCUT2D eigenvalue weighted by Crippen LogP contribution is 2.16. The Labute approximate surface area is 49.8 Å². The molecular formula is C5H3F2S. The molecule has 1 aromatic rings. The van der Waals surface area contributed by atoms with E-state index in [1.54, 1.807) is 0 Å². The first-order valence-electron chi connectivity index (χ1n) is 1.97. The summed E-state index contributed by atoms with van der Waals surface area (Å²) >= 11 is 0.473. The highest BCUT2D eigenvalue weighted by Gasteiger charge is 2.01. The molecule has 43 valence electrons. The fourth-order valence-electron chi connectivity index (χ4n) is 0.374.